The van der Waals surface area contributed by atoms with E-state index in [2.05, 4.69) is 5.32 Å². The summed E-state index contributed by atoms with van der Waals surface area (Å²) >= 11 is 5.34. The van der Waals surface area contributed by atoms with Crippen molar-refractivity contribution in [3.8, 4) is 5.75 Å². The summed E-state index contributed by atoms with van der Waals surface area (Å²) in [6.07, 6.45) is 1.76. The van der Waals surface area contributed by atoms with Crippen LogP contribution in [0.4, 0.5) is 5.69 Å². The van der Waals surface area contributed by atoms with Gasteiger partial charge in [0.25, 0.3) is 5.91 Å². The molecule has 1 aliphatic heterocycles. The third-order valence-corrected chi connectivity index (χ3v) is 4.34. The van der Waals surface area contributed by atoms with Crippen molar-refractivity contribution in [3.05, 3.63) is 64.3 Å². The molecule has 0 saturated carbocycles. The second-order valence-corrected chi connectivity index (χ2v) is 6.31. The molecule has 0 bridgehead atoms. The van der Waals surface area contributed by atoms with Gasteiger partial charge in [-0.25, -0.2) is 0 Å². The number of rotatable bonds is 2. The summed E-state index contributed by atoms with van der Waals surface area (Å²) < 4.78 is 0. The van der Waals surface area contributed by atoms with E-state index in [9.17, 15) is 9.90 Å². The normalized spacial score (nSPS) is 16.0. The number of carbonyl (C=O) groups is 1. The predicted molar refractivity (Wildman–Crippen MR) is 100.0 cm³/mol. The zero-order chi connectivity index (χ0) is 17.4. The fraction of sp³-hybridized carbons (Fsp3) is 0.158. The summed E-state index contributed by atoms with van der Waals surface area (Å²) in [6, 6.07) is 11.3. The number of aryl methyl sites for hydroxylation is 3. The topological polar surface area (TPSA) is 52.6 Å². The average molecular weight is 338 g/mol. The molecule has 122 valence electrons. The lowest BCUT2D eigenvalue weighted by Gasteiger charge is -2.16. The Kier molecular flexibility index (Phi) is 4.11. The molecule has 5 heteroatoms. The van der Waals surface area contributed by atoms with Crippen LogP contribution in [0.3, 0.4) is 0 Å². The van der Waals surface area contributed by atoms with Crippen LogP contribution in [0.25, 0.3) is 6.08 Å². The van der Waals surface area contributed by atoms with Gasteiger partial charge in [-0.1, -0.05) is 18.2 Å². The summed E-state index contributed by atoms with van der Waals surface area (Å²) in [6.45, 7) is 5.61. The molecule has 1 heterocycles. The van der Waals surface area contributed by atoms with Gasteiger partial charge in [0.15, 0.2) is 5.11 Å². The maximum absolute atomic E-state index is 12.8. The number of para-hydroxylation sites is 1. The Balaban J connectivity index is 1.99. The van der Waals surface area contributed by atoms with Crippen LogP contribution < -0.4 is 10.2 Å². The summed E-state index contributed by atoms with van der Waals surface area (Å²) in [5, 5.41) is 13.2. The van der Waals surface area contributed by atoms with Gasteiger partial charge in [-0.15, -0.1) is 0 Å². The Morgan fingerprint density at radius 1 is 1.08 bits per heavy atom. The molecular formula is C19H18N2O2S. The highest BCUT2D eigenvalue weighted by molar-refractivity contribution is 7.80. The van der Waals surface area contributed by atoms with E-state index in [1.807, 2.05) is 57.2 Å². The van der Waals surface area contributed by atoms with Crippen LogP contribution in [-0.4, -0.2) is 16.1 Å². The Labute approximate surface area is 146 Å². The average Bonchev–Trinajstić information content (AvgIpc) is 2.80. The van der Waals surface area contributed by atoms with Gasteiger partial charge in [-0.05, 0) is 79.5 Å². The second kappa shape index (κ2) is 6.09. The van der Waals surface area contributed by atoms with Crippen LogP contribution in [0.15, 0.2) is 42.1 Å². The third kappa shape index (κ3) is 2.78. The van der Waals surface area contributed by atoms with E-state index in [-0.39, 0.29) is 11.7 Å². The van der Waals surface area contributed by atoms with Gasteiger partial charge in [0.1, 0.15) is 11.4 Å². The smallest absolute Gasteiger partial charge is 0.281 e. The third-order valence-electron chi connectivity index (χ3n) is 4.06. The van der Waals surface area contributed by atoms with E-state index < -0.39 is 0 Å². The number of carbonyl (C=O) groups excluding carboxylic acids is 1. The molecule has 2 aromatic rings. The molecule has 4 nitrogen and oxygen atoms in total. The number of nitrogens with zero attached hydrogens (tertiary/aromatic N) is 1. The molecule has 0 unspecified atom stereocenters. The molecule has 0 atom stereocenters. The van der Waals surface area contributed by atoms with Gasteiger partial charge in [-0.2, -0.15) is 0 Å². The first-order chi connectivity index (χ1) is 11.4. The number of benzene rings is 2. The van der Waals surface area contributed by atoms with Crippen molar-refractivity contribution in [2.45, 2.75) is 20.8 Å². The van der Waals surface area contributed by atoms with E-state index in [4.69, 9.17) is 12.2 Å². The molecule has 1 fully saturated rings. The number of anilines is 1. The summed E-state index contributed by atoms with van der Waals surface area (Å²) in [5.74, 6) is 0.0950. The van der Waals surface area contributed by atoms with Gasteiger partial charge in [0.05, 0.1) is 5.69 Å². The van der Waals surface area contributed by atoms with Gasteiger partial charge in [0.2, 0.25) is 0 Å². The lowest BCUT2D eigenvalue weighted by atomic mass is 10.0. The quantitative estimate of drug-likeness (QED) is 0.649. The minimum absolute atomic E-state index is 0.183. The van der Waals surface area contributed by atoms with Crippen LogP contribution in [-0.2, 0) is 4.79 Å². The van der Waals surface area contributed by atoms with E-state index in [1.54, 1.807) is 6.08 Å². The maximum Gasteiger partial charge on any atom is 0.281 e. The van der Waals surface area contributed by atoms with Crippen molar-refractivity contribution in [1.82, 2.24) is 5.32 Å². The van der Waals surface area contributed by atoms with Crippen LogP contribution in [0.2, 0.25) is 0 Å². The number of thiocarbonyl (C=S) groups is 1. The Hall–Kier alpha value is -2.66. The number of hydrogen-bond donors (Lipinski definition) is 2. The van der Waals surface area contributed by atoms with Gasteiger partial charge < -0.3 is 10.4 Å². The molecule has 1 saturated heterocycles. The monoisotopic (exact) mass is 338 g/mol. The molecule has 24 heavy (non-hydrogen) atoms. The largest absolute Gasteiger partial charge is 0.507 e. The minimum Gasteiger partial charge on any atom is -0.507 e. The number of nitrogens with one attached hydrogen (secondary N) is 1. The number of phenols is 1. The van der Waals surface area contributed by atoms with Gasteiger partial charge >= 0.3 is 0 Å². The number of phenolic OH excluding ortho intramolecular Hbond substituents is 1. The zero-order valence-electron chi connectivity index (χ0n) is 13.8. The molecule has 3 rings (SSSR count). The Bertz CT molecular complexity index is 864. The number of amides is 1. The maximum atomic E-state index is 12.8. The van der Waals surface area contributed by atoms with E-state index in [0.717, 1.165) is 27.9 Å². The molecule has 0 aromatic heterocycles. The van der Waals surface area contributed by atoms with Crippen LogP contribution in [0, 0.1) is 20.8 Å². The highest BCUT2D eigenvalue weighted by atomic mass is 32.1. The molecular weight excluding hydrogens is 320 g/mol. The van der Waals surface area contributed by atoms with Crippen LogP contribution >= 0.6 is 12.2 Å². The number of hydrogen-bond acceptors (Lipinski definition) is 3. The molecule has 1 aliphatic rings. The van der Waals surface area contributed by atoms with Gasteiger partial charge in [0, 0.05) is 0 Å². The molecule has 2 N–H and O–H groups in total. The van der Waals surface area contributed by atoms with Crippen molar-refractivity contribution in [1.29, 1.82) is 0 Å². The highest BCUT2D eigenvalue weighted by Gasteiger charge is 2.32. The van der Waals surface area contributed by atoms with Crippen molar-refractivity contribution >= 4 is 35.0 Å². The first-order valence-corrected chi connectivity index (χ1v) is 8.02. The van der Waals surface area contributed by atoms with Crippen LogP contribution in [0.5, 0.6) is 5.75 Å². The van der Waals surface area contributed by atoms with E-state index >= 15 is 0 Å². The molecule has 0 spiro atoms. The van der Waals surface area contributed by atoms with Crippen LogP contribution in [0.1, 0.15) is 22.3 Å². The van der Waals surface area contributed by atoms with Crippen molar-refractivity contribution in [3.63, 3.8) is 0 Å². The standard InChI is InChI=1S/C19H18N2O2S/c1-11-6-4-5-7-16(11)21-18(23)15(20-19(21)24)10-14-8-12(2)17(22)13(3)9-14/h4-10,22H,1-3H3,(H,20,24)/b15-10+. The minimum atomic E-state index is -0.183. The Morgan fingerprint density at radius 2 is 1.71 bits per heavy atom. The first-order valence-electron chi connectivity index (χ1n) is 7.61. The van der Waals surface area contributed by atoms with Crippen molar-refractivity contribution < 1.29 is 9.90 Å². The fourth-order valence-electron chi connectivity index (χ4n) is 2.81. The lowest BCUT2D eigenvalue weighted by molar-refractivity contribution is -0.113. The van der Waals surface area contributed by atoms with Crippen molar-refractivity contribution in [2.24, 2.45) is 0 Å². The predicted octanol–water partition coefficient (Wildman–Crippen LogP) is 3.58. The molecule has 0 radical (unpaired) electrons. The SMILES string of the molecule is Cc1ccccc1N1C(=O)/C(=C\c2cc(C)c(O)c(C)c2)NC1=S. The lowest BCUT2D eigenvalue weighted by Crippen LogP contribution is -2.30. The molecule has 0 aliphatic carbocycles. The van der Waals surface area contributed by atoms with Gasteiger partial charge in [-0.3, -0.25) is 9.69 Å². The zero-order valence-corrected chi connectivity index (χ0v) is 14.6. The van der Waals surface area contributed by atoms with E-state index in [0.29, 0.717) is 10.8 Å². The Morgan fingerprint density at radius 3 is 2.33 bits per heavy atom. The fourth-order valence-corrected chi connectivity index (χ4v) is 3.10. The van der Waals surface area contributed by atoms with E-state index in [1.165, 1.54) is 4.90 Å². The van der Waals surface area contributed by atoms with Crippen molar-refractivity contribution in [2.75, 3.05) is 4.90 Å². The highest BCUT2D eigenvalue weighted by Crippen LogP contribution is 2.27. The molecule has 2 aromatic carbocycles. The molecule has 1 amide bonds. The summed E-state index contributed by atoms with van der Waals surface area (Å²) in [5.41, 5.74) is 4.56. The first kappa shape index (κ1) is 16.2. The summed E-state index contributed by atoms with van der Waals surface area (Å²) in [7, 11) is 0. The second-order valence-electron chi connectivity index (χ2n) is 5.92. The summed E-state index contributed by atoms with van der Waals surface area (Å²) in [4.78, 5) is 14.3. The number of aromatic hydroxyl groups is 1.